The normalized spacial score (nSPS) is 25.1. The lowest BCUT2D eigenvalue weighted by atomic mass is 10.0. The number of benzene rings is 1. The van der Waals surface area contributed by atoms with E-state index >= 15 is 0 Å². The monoisotopic (exact) mass is 375 g/mol. The average molecular weight is 375 g/mol. The van der Waals surface area contributed by atoms with Gasteiger partial charge >= 0.3 is 6.09 Å². The van der Waals surface area contributed by atoms with E-state index in [1.54, 1.807) is 6.07 Å². The summed E-state index contributed by atoms with van der Waals surface area (Å²) in [5.74, 6) is -1.09. The third-order valence-corrected chi connectivity index (χ3v) is 5.00. The molecule has 2 unspecified atom stereocenters. The van der Waals surface area contributed by atoms with Gasteiger partial charge in [0.1, 0.15) is 17.9 Å². The van der Waals surface area contributed by atoms with Crippen molar-refractivity contribution in [2.75, 3.05) is 13.1 Å². The molecule has 3 aliphatic rings. The number of imide groups is 1. The smallest absolute Gasteiger partial charge is 0.407 e. The SMILES string of the molecule is O=C1CCC(N2C(=O)c3ccc(OC4CN(C(=O)O)C4)cc3C2O)C(=O)N1. The van der Waals surface area contributed by atoms with Crippen LogP contribution in [-0.2, 0) is 9.59 Å². The Morgan fingerprint density at radius 3 is 2.63 bits per heavy atom. The zero-order valence-corrected chi connectivity index (χ0v) is 14.1. The number of aliphatic hydroxyl groups excluding tert-OH is 1. The van der Waals surface area contributed by atoms with Gasteiger partial charge in [-0.1, -0.05) is 0 Å². The number of hydrogen-bond acceptors (Lipinski definition) is 6. The van der Waals surface area contributed by atoms with Crippen LogP contribution in [0.15, 0.2) is 18.2 Å². The summed E-state index contributed by atoms with van der Waals surface area (Å²) in [5.41, 5.74) is 0.580. The summed E-state index contributed by atoms with van der Waals surface area (Å²) >= 11 is 0. The molecule has 10 nitrogen and oxygen atoms in total. The third kappa shape index (κ3) is 2.87. The molecule has 0 spiro atoms. The Morgan fingerprint density at radius 1 is 1.22 bits per heavy atom. The lowest BCUT2D eigenvalue weighted by molar-refractivity contribution is -0.139. The van der Waals surface area contributed by atoms with E-state index in [-0.39, 0.29) is 37.6 Å². The highest BCUT2D eigenvalue weighted by Gasteiger charge is 2.44. The fourth-order valence-corrected chi connectivity index (χ4v) is 3.54. The van der Waals surface area contributed by atoms with E-state index in [4.69, 9.17) is 9.84 Å². The molecular weight excluding hydrogens is 358 g/mol. The first-order chi connectivity index (χ1) is 12.8. The number of amides is 4. The fourth-order valence-electron chi connectivity index (χ4n) is 3.54. The number of rotatable bonds is 3. The van der Waals surface area contributed by atoms with Gasteiger partial charge in [-0.25, -0.2) is 4.79 Å². The zero-order valence-electron chi connectivity index (χ0n) is 14.1. The molecule has 2 saturated heterocycles. The van der Waals surface area contributed by atoms with Gasteiger partial charge < -0.3 is 19.8 Å². The van der Waals surface area contributed by atoms with E-state index in [1.165, 1.54) is 17.0 Å². The van der Waals surface area contributed by atoms with Gasteiger partial charge in [-0.05, 0) is 24.6 Å². The van der Waals surface area contributed by atoms with E-state index < -0.39 is 36.1 Å². The van der Waals surface area contributed by atoms with Gasteiger partial charge in [0.05, 0.1) is 13.1 Å². The highest BCUT2D eigenvalue weighted by Crippen LogP contribution is 2.37. The van der Waals surface area contributed by atoms with Crippen molar-refractivity contribution in [1.82, 2.24) is 15.1 Å². The number of carbonyl (C=O) groups is 4. The first kappa shape index (κ1) is 17.3. The minimum atomic E-state index is -1.32. The number of fused-ring (bicyclic) bond motifs is 1. The second kappa shape index (κ2) is 6.23. The minimum Gasteiger partial charge on any atom is -0.487 e. The number of nitrogens with one attached hydrogen (secondary N) is 1. The first-order valence-corrected chi connectivity index (χ1v) is 8.48. The molecule has 2 atom stereocenters. The first-order valence-electron chi connectivity index (χ1n) is 8.48. The maximum atomic E-state index is 12.6. The van der Waals surface area contributed by atoms with E-state index in [2.05, 4.69) is 5.32 Å². The Morgan fingerprint density at radius 2 is 1.96 bits per heavy atom. The van der Waals surface area contributed by atoms with Crippen molar-refractivity contribution >= 4 is 23.8 Å². The molecule has 0 radical (unpaired) electrons. The Balaban J connectivity index is 1.50. The third-order valence-electron chi connectivity index (χ3n) is 5.00. The van der Waals surface area contributed by atoms with Gasteiger partial charge in [-0.2, -0.15) is 0 Å². The molecule has 142 valence electrons. The number of carboxylic acid groups (broad SMARTS) is 1. The van der Waals surface area contributed by atoms with Crippen molar-refractivity contribution in [3.8, 4) is 5.75 Å². The Bertz CT molecular complexity index is 849. The Hall–Kier alpha value is -3.14. The summed E-state index contributed by atoms with van der Waals surface area (Å²) in [6.07, 6.45) is -2.38. The van der Waals surface area contributed by atoms with Crippen molar-refractivity contribution in [1.29, 1.82) is 0 Å². The van der Waals surface area contributed by atoms with Crippen LogP contribution in [0.2, 0.25) is 0 Å². The van der Waals surface area contributed by atoms with Crippen LogP contribution in [0, 0.1) is 0 Å². The summed E-state index contributed by atoms with van der Waals surface area (Å²) in [5, 5.41) is 21.6. The van der Waals surface area contributed by atoms with Crippen molar-refractivity contribution in [3.63, 3.8) is 0 Å². The lowest BCUT2D eigenvalue weighted by Gasteiger charge is -2.36. The van der Waals surface area contributed by atoms with Gasteiger partial charge in [0.15, 0.2) is 6.23 Å². The van der Waals surface area contributed by atoms with Crippen molar-refractivity contribution in [2.24, 2.45) is 0 Å². The summed E-state index contributed by atoms with van der Waals surface area (Å²) in [7, 11) is 0. The van der Waals surface area contributed by atoms with Crippen LogP contribution in [0.5, 0.6) is 5.75 Å². The van der Waals surface area contributed by atoms with Crippen LogP contribution >= 0.6 is 0 Å². The minimum absolute atomic E-state index is 0.0966. The summed E-state index contributed by atoms with van der Waals surface area (Å²) in [6, 6.07) is 3.68. The number of ether oxygens (including phenoxy) is 1. The standard InChI is InChI=1S/C17H17N3O7/c21-13-4-3-12(14(22)18-13)20-15(23)10-2-1-8(5-11(10)16(20)24)27-9-6-19(7-9)17(25)26/h1-2,5,9,12,16,24H,3-4,6-7H2,(H,25,26)(H,18,21,22). The molecule has 3 aliphatic heterocycles. The molecule has 4 amide bonds. The molecule has 3 heterocycles. The van der Waals surface area contributed by atoms with Crippen molar-refractivity contribution in [2.45, 2.75) is 31.2 Å². The second-order valence-electron chi connectivity index (χ2n) is 6.73. The molecule has 0 bridgehead atoms. The molecule has 1 aromatic carbocycles. The quantitative estimate of drug-likeness (QED) is 0.616. The summed E-state index contributed by atoms with van der Waals surface area (Å²) < 4.78 is 5.69. The molecule has 0 aliphatic carbocycles. The molecule has 27 heavy (non-hydrogen) atoms. The van der Waals surface area contributed by atoms with Crippen LogP contribution in [-0.4, -0.2) is 69.1 Å². The van der Waals surface area contributed by atoms with E-state index in [0.717, 1.165) is 4.90 Å². The molecular formula is C17H17N3O7. The molecule has 0 aromatic heterocycles. The number of hydrogen-bond donors (Lipinski definition) is 3. The molecule has 10 heteroatoms. The fraction of sp³-hybridized carbons (Fsp3) is 0.412. The Labute approximate surface area is 153 Å². The molecule has 3 N–H and O–H groups in total. The van der Waals surface area contributed by atoms with Gasteiger partial charge in [0.2, 0.25) is 11.8 Å². The maximum absolute atomic E-state index is 12.6. The Kier molecular flexibility index (Phi) is 3.99. The van der Waals surface area contributed by atoms with Gasteiger partial charge in [-0.3, -0.25) is 24.6 Å². The van der Waals surface area contributed by atoms with Gasteiger partial charge in [-0.15, -0.1) is 0 Å². The highest BCUT2D eigenvalue weighted by atomic mass is 16.5. The number of piperidine rings is 1. The topological polar surface area (TPSA) is 136 Å². The summed E-state index contributed by atoms with van der Waals surface area (Å²) in [6.45, 7) is 0.493. The molecule has 1 aromatic rings. The van der Waals surface area contributed by atoms with Crippen LogP contribution < -0.4 is 10.1 Å². The maximum Gasteiger partial charge on any atom is 0.407 e. The highest BCUT2D eigenvalue weighted by molar-refractivity contribution is 6.05. The molecule has 2 fully saturated rings. The molecule has 4 rings (SSSR count). The van der Waals surface area contributed by atoms with Crippen LogP contribution in [0.4, 0.5) is 4.79 Å². The second-order valence-corrected chi connectivity index (χ2v) is 6.73. The lowest BCUT2D eigenvalue weighted by Crippen LogP contribution is -2.55. The van der Waals surface area contributed by atoms with Crippen LogP contribution in [0.3, 0.4) is 0 Å². The van der Waals surface area contributed by atoms with Crippen LogP contribution in [0.1, 0.15) is 35.0 Å². The number of aliphatic hydroxyl groups is 1. The molecule has 0 saturated carbocycles. The summed E-state index contributed by atoms with van der Waals surface area (Å²) in [4.78, 5) is 49.1. The number of carbonyl (C=O) groups excluding carboxylic acids is 3. The number of likely N-dealkylation sites (tertiary alicyclic amines) is 1. The van der Waals surface area contributed by atoms with E-state index in [9.17, 15) is 24.3 Å². The largest absolute Gasteiger partial charge is 0.487 e. The number of nitrogens with zero attached hydrogens (tertiary/aromatic N) is 2. The predicted octanol–water partition coefficient (Wildman–Crippen LogP) is -0.320. The van der Waals surface area contributed by atoms with Crippen LogP contribution in [0.25, 0.3) is 0 Å². The van der Waals surface area contributed by atoms with Crippen molar-refractivity contribution < 1.29 is 34.1 Å². The zero-order chi connectivity index (χ0) is 19.3. The van der Waals surface area contributed by atoms with Crippen molar-refractivity contribution in [3.05, 3.63) is 29.3 Å². The van der Waals surface area contributed by atoms with E-state index in [1.807, 2.05) is 0 Å². The average Bonchev–Trinajstić information content (AvgIpc) is 2.82. The van der Waals surface area contributed by atoms with Gasteiger partial charge in [0.25, 0.3) is 5.91 Å². The van der Waals surface area contributed by atoms with E-state index in [0.29, 0.717) is 11.3 Å². The van der Waals surface area contributed by atoms with Gasteiger partial charge in [0, 0.05) is 17.5 Å². The predicted molar refractivity (Wildman–Crippen MR) is 87.8 cm³/mol.